The predicted octanol–water partition coefficient (Wildman–Crippen LogP) is 4.36. The van der Waals surface area contributed by atoms with Crippen LogP contribution in [0, 0.1) is 12.7 Å². The Labute approximate surface area is 154 Å². The first-order valence-electron chi connectivity index (χ1n) is 8.17. The van der Waals surface area contributed by atoms with Gasteiger partial charge in [0, 0.05) is 24.4 Å². The zero-order valence-electron chi connectivity index (χ0n) is 13.9. The summed E-state index contributed by atoms with van der Waals surface area (Å²) in [5.74, 6) is 0.217. The summed E-state index contributed by atoms with van der Waals surface area (Å²) >= 11 is 6.29. The van der Waals surface area contributed by atoms with Crippen LogP contribution in [0.1, 0.15) is 23.7 Å². The van der Waals surface area contributed by atoms with E-state index >= 15 is 0 Å². The van der Waals surface area contributed by atoms with E-state index in [0.717, 1.165) is 5.56 Å². The summed E-state index contributed by atoms with van der Waals surface area (Å²) < 4.78 is 18.3. The molecule has 0 bridgehead atoms. The smallest absolute Gasteiger partial charge is 0.257 e. The van der Waals surface area contributed by atoms with Gasteiger partial charge in [-0.2, -0.15) is 4.98 Å². The Bertz CT molecular complexity index is 971. The van der Waals surface area contributed by atoms with Gasteiger partial charge in [-0.25, -0.2) is 4.39 Å². The third-order valence-electron chi connectivity index (χ3n) is 4.42. The number of anilines is 1. The summed E-state index contributed by atoms with van der Waals surface area (Å²) in [7, 11) is 0. The molecule has 0 aliphatic carbocycles. The molecule has 3 aromatic rings. The van der Waals surface area contributed by atoms with Crippen molar-refractivity contribution in [1.29, 1.82) is 0 Å². The van der Waals surface area contributed by atoms with Gasteiger partial charge >= 0.3 is 0 Å². The van der Waals surface area contributed by atoms with E-state index in [0.29, 0.717) is 34.5 Å². The number of benzene rings is 2. The van der Waals surface area contributed by atoms with E-state index in [4.69, 9.17) is 16.1 Å². The molecule has 1 atom stereocenters. The number of aromatic nitrogens is 2. The second-order valence-corrected chi connectivity index (χ2v) is 6.73. The summed E-state index contributed by atoms with van der Waals surface area (Å²) in [6.45, 7) is 2.38. The van der Waals surface area contributed by atoms with Crippen LogP contribution in [0.3, 0.4) is 0 Å². The highest BCUT2D eigenvalue weighted by Crippen LogP contribution is 2.35. The lowest BCUT2D eigenvalue weighted by Gasteiger charge is -2.18. The fourth-order valence-corrected chi connectivity index (χ4v) is 3.39. The first-order valence-corrected chi connectivity index (χ1v) is 8.55. The summed E-state index contributed by atoms with van der Waals surface area (Å²) in [5.41, 5.74) is 2.35. The largest absolute Gasteiger partial charge is 0.334 e. The Morgan fingerprint density at radius 2 is 2.00 bits per heavy atom. The minimum atomic E-state index is -0.333. The highest BCUT2D eigenvalue weighted by atomic mass is 35.5. The molecule has 1 aliphatic heterocycles. The molecule has 1 aromatic heterocycles. The number of hydrogen-bond acceptors (Lipinski definition) is 4. The molecular formula is C19H15ClFN3O2. The second-order valence-electron chi connectivity index (χ2n) is 6.32. The highest BCUT2D eigenvalue weighted by molar-refractivity contribution is 6.34. The maximum Gasteiger partial charge on any atom is 0.257 e. The molecule has 7 heteroatoms. The van der Waals surface area contributed by atoms with E-state index in [1.54, 1.807) is 17.0 Å². The topological polar surface area (TPSA) is 59.2 Å². The monoisotopic (exact) mass is 371 g/mol. The molecule has 0 radical (unpaired) electrons. The Morgan fingerprint density at radius 3 is 2.73 bits per heavy atom. The van der Waals surface area contributed by atoms with E-state index in [9.17, 15) is 9.18 Å². The Morgan fingerprint density at radius 1 is 1.23 bits per heavy atom. The van der Waals surface area contributed by atoms with Crippen molar-refractivity contribution in [2.45, 2.75) is 19.3 Å². The molecule has 0 spiro atoms. The van der Waals surface area contributed by atoms with Crippen molar-refractivity contribution in [2.24, 2.45) is 0 Å². The number of hydrogen-bond donors (Lipinski definition) is 0. The van der Waals surface area contributed by atoms with Crippen molar-refractivity contribution in [2.75, 3.05) is 11.4 Å². The zero-order chi connectivity index (χ0) is 18.3. The quantitative estimate of drug-likeness (QED) is 0.686. The first kappa shape index (κ1) is 16.7. The van der Waals surface area contributed by atoms with E-state index in [1.807, 2.05) is 25.1 Å². The van der Waals surface area contributed by atoms with Crippen LogP contribution < -0.4 is 4.90 Å². The van der Waals surface area contributed by atoms with Gasteiger partial charge in [-0.3, -0.25) is 4.79 Å². The molecule has 0 N–H and O–H groups in total. The fraction of sp³-hybridized carbons (Fsp3) is 0.211. The maximum absolute atomic E-state index is 13.0. The maximum atomic E-state index is 13.0. The van der Waals surface area contributed by atoms with Crippen LogP contribution in [0.4, 0.5) is 10.1 Å². The normalized spacial score (nSPS) is 17.1. The Kier molecular flexibility index (Phi) is 4.20. The molecule has 0 saturated carbocycles. The minimum Gasteiger partial charge on any atom is -0.334 e. The lowest BCUT2D eigenvalue weighted by molar-refractivity contribution is -0.117. The third kappa shape index (κ3) is 3.08. The summed E-state index contributed by atoms with van der Waals surface area (Å²) in [6, 6.07) is 11.4. The van der Waals surface area contributed by atoms with Gasteiger partial charge in [0.2, 0.25) is 5.91 Å². The molecule has 1 unspecified atom stereocenters. The number of carbonyl (C=O) groups is 1. The minimum absolute atomic E-state index is 0.0334. The Hall–Kier alpha value is -2.73. The number of rotatable bonds is 3. The summed E-state index contributed by atoms with van der Waals surface area (Å²) in [6.07, 6.45) is 0.284. The third-order valence-corrected chi connectivity index (χ3v) is 4.72. The van der Waals surface area contributed by atoms with Crippen LogP contribution in [0.25, 0.3) is 11.5 Å². The van der Waals surface area contributed by atoms with Crippen LogP contribution in [-0.2, 0) is 4.79 Å². The van der Waals surface area contributed by atoms with Gasteiger partial charge in [0.1, 0.15) is 5.82 Å². The van der Waals surface area contributed by atoms with Crippen LogP contribution in [0.2, 0.25) is 5.02 Å². The Balaban J connectivity index is 1.56. The van der Waals surface area contributed by atoms with Gasteiger partial charge in [-0.15, -0.1) is 0 Å². The van der Waals surface area contributed by atoms with Gasteiger partial charge in [-0.1, -0.05) is 22.8 Å². The van der Waals surface area contributed by atoms with E-state index in [-0.39, 0.29) is 24.1 Å². The van der Waals surface area contributed by atoms with Crippen molar-refractivity contribution in [1.82, 2.24) is 10.1 Å². The van der Waals surface area contributed by atoms with Crippen molar-refractivity contribution >= 4 is 23.2 Å². The molecule has 5 nitrogen and oxygen atoms in total. The summed E-state index contributed by atoms with van der Waals surface area (Å²) in [4.78, 5) is 18.5. The van der Waals surface area contributed by atoms with Crippen LogP contribution in [0.5, 0.6) is 0 Å². The molecule has 2 aromatic carbocycles. The molecule has 1 aliphatic rings. The molecule has 1 amide bonds. The molecule has 1 saturated heterocycles. The van der Waals surface area contributed by atoms with Gasteiger partial charge in [0.15, 0.2) is 5.82 Å². The molecule has 2 heterocycles. The lowest BCUT2D eigenvalue weighted by atomic mass is 10.1. The highest BCUT2D eigenvalue weighted by Gasteiger charge is 2.35. The molecular weight excluding hydrogens is 357 g/mol. The summed E-state index contributed by atoms with van der Waals surface area (Å²) in [5, 5.41) is 4.55. The molecule has 26 heavy (non-hydrogen) atoms. The second kappa shape index (κ2) is 6.53. The fourth-order valence-electron chi connectivity index (χ4n) is 3.05. The average molecular weight is 372 g/mol. The number of amides is 1. The van der Waals surface area contributed by atoms with E-state index in [1.165, 1.54) is 12.1 Å². The van der Waals surface area contributed by atoms with E-state index in [2.05, 4.69) is 10.1 Å². The van der Waals surface area contributed by atoms with E-state index < -0.39 is 0 Å². The molecule has 132 valence electrons. The number of carbonyl (C=O) groups excluding carboxylic acids is 1. The van der Waals surface area contributed by atoms with Gasteiger partial charge in [0.25, 0.3) is 5.89 Å². The molecule has 1 fully saturated rings. The first-order chi connectivity index (χ1) is 12.5. The SMILES string of the molecule is Cc1ccc(N2CC(c3noc(-c4ccc(F)cc4)n3)CC2=O)c(Cl)c1. The number of halogens is 2. The van der Waals surface area contributed by atoms with Gasteiger partial charge in [0.05, 0.1) is 10.7 Å². The van der Waals surface area contributed by atoms with Crippen molar-refractivity contribution in [3.05, 3.63) is 64.7 Å². The van der Waals surface area contributed by atoms with Gasteiger partial charge < -0.3 is 9.42 Å². The predicted molar refractivity (Wildman–Crippen MR) is 95.6 cm³/mol. The number of aryl methyl sites for hydroxylation is 1. The zero-order valence-corrected chi connectivity index (χ0v) is 14.7. The lowest BCUT2D eigenvalue weighted by Crippen LogP contribution is -2.24. The van der Waals surface area contributed by atoms with Crippen LogP contribution in [-0.4, -0.2) is 22.6 Å². The number of nitrogens with zero attached hydrogens (tertiary/aromatic N) is 3. The van der Waals surface area contributed by atoms with Crippen molar-refractivity contribution < 1.29 is 13.7 Å². The van der Waals surface area contributed by atoms with Crippen LogP contribution in [0.15, 0.2) is 47.0 Å². The molecule has 4 rings (SSSR count). The van der Waals surface area contributed by atoms with Gasteiger partial charge in [-0.05, 0) is 48.9 Å². The van der Waals surface area contributed by atoms with Crippen molar-refractivity contribution in [3.8, 4) is 11.5 Å². The average Bonchev–Trinajstić information content (AvgIpc) is 3.23. The van der Waals surface area contributed by atoms with Crippen LogP contribution >= 0.6 is 11.6 Å². The standard InChI is InChI=1S/C19H15ClFN3O2/c1-11-2-7-16(15(20)8-11)24-10-13(9-17(24)25)18-22-19(26-23-18)12-3-5-14(21)6-4-12/h2-8,13H,9-10H2,1H3. The van der Waals surface area contributed by atoms with Crippen molar-refractivity contribution in [3.63, 3.8) is 0 Å².